The smallest absolute Gasteiger partial charge is 0.265 e. The highest BCUT2D eigenvalue weighted by Crippen LogP contribution is 2.21. The molecule has 0 aliphatic carbocycles. The summed E-state index contributed by atoms with van der Waals surface area (Å²) >= 11 is 0. The zero-order valence-corrected chi connectivity index (χ0v) is 12.1. The Hall–Kier alpha value is -1.59. The number of nitrogens with two attached hydrogens (primary N) is 1. The van der Waals surface area contributed by atoms with Gasteiger partial charge < -0.3 is 4.74 Å². The van der Waals surface area contributed by atoms with Gasteiger partial charge in [-0.25, -0.2) is 5.84 Å². The van der Waals surface area contributed by atoms with Crippen LogP contribution in [0.2, 0.25) is 0 Å². The van der Waals surface area contributed by atoms with Crippen LogP contribution in [0.3, 0.4) is 0 Å². The molecule has 0 saturated carbocycles. The second kappa shape index (κ2) is 6.72. The number of nitrogen functional groups attached to an aromatic ring is 1. The summed E-state index contributed by atoms with van der Waals surface area (Å²) in [5.74, 6) is 6.28. The SMILES string of the molecule is CC1CC(C)N(CCOc2cccc(C(=O)NN)c2)C1. The van der Waals surface area contributed by atoms with Gasteiger partial charge in [0, 0.05) is 24.7 Å². The Kier molecular flexibility index (Phi) is 4.98. The number of nitrogens with one attached hydrogen (secondary N) is 1. The van der Waals surface area contributed by atoms with Crippen molar-refractivity contribution in [2.75, 3.05) is 19.7 Å². The molecule has 1 saturated heterocycles. The van der Waals surface area contributed by atoms with E-state index in [4.69, 9.17) is 10.6 Å². The van der Waals surface area contributed by atoms with Crippen molar-refractivity contribution in [3.8, 4) is 5.75 Å². The lowest BCUT2D eigenvalue weighted by Gasteiger charge is -2.21. The van der Waals surface area contributed by atoms with Crippen molar-refractivity contribution in [3.63, 3.8) is 0 Å². The molecule has 1 aliphatic heterocycles. The molecule has 0 aromatic heterocycles. The molecule has 1 fully saturated rings. The number of amides is 1. The zero-order valence-electron chi connectivity index (χ0n) is 12.1. The number of ether oxygens (including phenoxy) is 1. The van der Waals surface area contributed by atoms with Crippen molar-refractivity contribution < 1.29 is 9.53 Å². The number of hydrazine groups is 1. The molecule has 2 unspecified atom stereocenters. The first-order valence-electron chi connectivity index (χ1n) is 7.08. The van der Waals surface area contributed by atoms with E-state index < -0.39 is 0 Å². The van der Waals surface area contributed by atoms with Gasteiger partial charge in [-0.1, -0.05) is 13.0 Å². The maximum atomic E-state index is 11.4. The molecule has 0 spiro atoms. The molecule has 1 aromatic rings. The Balaban J connectivity index is 1.84. The molecule has 2 rings (SSSR count). The number of hydrogen-bond acceptors (Lipinski definition) is 4. The highest BCUT2D eigenvalue weighted by Gasteiger charge is 2.25. The number of hydrogen-bond donors (Lipinski definition) is 2. The number of benzene rings is 1. The summed E-state index contributed by atoms with van der Waals surface area (Å²) in [4.78, 5) is 13.9. The van der Waals surface area contributed by atoms with Crippen LogP contribution in [0, 0.1) is 5.92 Å². The van der Waals surface area contributed by atoms with Crippen LogP contribution in [0.1, 0.15) is 30.6 Å². The maximum absolute atomic E-state index is 11.4. The molecular formula is C15H23N3O2. The molecule has 5 heteroatoms. The summed E-state index contributed by atoms with van der Waals surface area (Å²) in [6.07, 6.45) is 1.26. The van der Waals surface area contributed by atoms with Gasteiger partial charge in [-0.2, -0.15) is 0 Å². The molecule has 5 nitrogen and oxygen atoms in total. The van der Waals surface area contributed by atoms with Gasteiger partial charge in [0.15, 0.2) is 0 Å². The fourth-order valence-electron chi connectivity index (χ4n) is 2.79. The molecule has 0 radical (unpaired) electrons. The number of carbonyl (C=O) groups excluding carboxylic acids is 1. The van der Waals surface area contributed by atoms with Crippen LogP contribution >= 0.6 is 0 Å². The van der Waals surface area contributed by atoms with Gasteiger partial charge in [0.2, 0.25) is 0 Å². The Morgan fingerprint density at radius 1 is 1.50 bits per heavy atom. The van der Waals surface area contributed by atoms with Crippen LogP contribution in [-0.2, 0) is 0 Å². The summed E-state index contributed by atoms with van der Waals surface area (Å²) < 4.78 is 5.72. The van der Waals surface area contributed by atoms with E-state index in [2.05, 4.69) is 24.2 Å². The highest BCUT2D eigenvalue weighted by atomic mass is 16.5. The normalized spacial score (nSPS) is 22.8. The summed E-state index contributed by atoms with van der Waals surface area (Å²) in [5.41, 5.74) is 2.62. The van der Waals surface area contributed by atoms with Crippen molar-refractivity contribution in [2.45, 2.75) is 26.3 Å². The van der Waals surface area contributed by atoms with E-state index in [-0.39, 0.29) is 5.91 Å². The Bertz CT molecular complexity index is 464. The highest BCUT2D eigenvalue weighted by molar-refractivity contribution is 5.94. The predicted molar refractivity (Wildman–Crippen MR) is 78.4 cm³/mol. The van der Waals surface area contributed by atoms with Crippen molar-refractivity contribution in [1.29, 1.82) is 0 Å². The quantitative estimate of drug-likeness (QED) is 0.485. The Morgan fingerprint density at radius 3 is 2.95 bits per heavy atom. The summed E-state index contributed by atoms with van der Waals surface area (Å²) in [6.45, 7) is 7.23. The van der Waals surface area contributed by atoms with E-state index in [1.54, 1.807) is 18.2 Å². The van der Waals surface area contributed by atoms with Gasteiger partial charge in [0.1, 0.15) is 12.4 Å². The number of likely N-dealkylation sites (tertiary alicyclic amines) is 1. The van der Waals surface area contributed by atoms with E-state index in [9.17, 15) is 4.79 Å². The minimum absolute atomic E-state index is 0.308. The van der Waals surface area contributed by atoms with Gasteiger partial charge in [-0.05, 0) is 37.5 Å². The van der Waals surface area contributed by atoms with Gasteiger partial charge >= 0.3 is 0 Å². The topological polar surface area (TPSA) is 67.6 Å². The van der Waals surface area contributed by atoms with Crippen molar-refractivity contribution in [1.82, 2.24) is 10.3 Å². The third-order valence-corrected chi connectivity index (χ3v) is 3.79. The monoisotopic (exact) mass is 277 g/mol. The third-order valence-electron chi connectivity index (χ3n) is 3.79. The Morgan fingerprint density at radius 2 is 2.30 bits per heavy atom. The van der Waals surface area contributed by atoms with Gasteiger partial charge in [0.25, 0.3) is 5.91 Å². The van der Waals surface area contributed by atoms with Crippen LogP contribution in [-0.4, -0.2) is 36.5 Å². The fraction of sp³-hybridized carbons (Fsp3) is 0.533. The van der Waals surface area contributed by atoms with E-state index in [0.29, 0.717) is 24.0 Å². The molecule has 2 atom stereocenters. The van der Waals surface area contributed by atoms with E-state index in [1.165, 1.54) is 6.42 Å². The van der Waals surface area contributed by atoms with E-state index >= 15 is 0 Å². The van der Waals surface area contributed by atoms with Crippen LogP contribution in [0.15, 0.2) is 24.3 Å². The predicted octanol–water partition coefficient (Wildman–Crippen LogP) is 1.40. The average molecular weight is 277 g/mol. The summed E-state index contributed by atoms with van der Waals surface area (Å²) in [6, 6.07) is 7.68. The molecule has 1 amide bonds. The summed E-state index contributed by atoms with van der Waals surface area (Å²) in [7, 11) is 0. The second-order valence-corrected chi connectivity index (χ2v) is 5.53. The summed E-state index contributed by atoms with van der Waals surface area (Å²) in [5, 5.41) is 0. The lowest BCUT2D eigenvalue weighted by Crippen LogP contribution is -2.31. The first kappa shape index (κ1) is 14.8. The van der Waals surface area contributed by atoms with Crippen LogP contribution in [0.25, 0.3) is 0 Å². The fourth-order valence-corrected chi connectivity index (χ4v) is 2.79. The number of carbonyl (C=O) groups is 1. The molecule has 110 valence electrons. The Labute approximate surface area is 120 Å². The maximum Gasteiger partial charge on any atom is 0.265 e. The molecule has 0 bridgehead atoms. The van der Waals surface area contributed by atoms with Crippen molar-refractivity contribution >= 4 is 5.91 Å². The third kappa shape index (κ3) is 3.71. The second-order valence-electron chi connectivity index (χ2n) is 5.53. The van der Waals surface area contributed by atoms with Crippen LogP contribution in [0.4, 0.5) is 0 Å². The minimum atomic E-state index is -0.308. The minimum Gasteiger partial charge on any atom is -0.492 e. The van der Waals surface area contributed by atoms with Gasteiger partial charge in [-0.15, -0.1) is 0 Å². The molecular weight excluding hydrogens is 254 g/mol. The lowest BCUT2D eigenvalue weighted by atomic mass is 10.1. The number of nitrogens with zero attached hydrogens (tertiary/aromatic N) is 1. The first-order valence-corrected chi connectivity index (χ1v) is 7.08. The molecule has 1 aliphatic rings. The van der Waals surface area contributed by atoms with Crippen LogP contribution in [0.5, 0.6) is 5.75 Å². The van der Waals surface area contributed by atoms with Crippen LogP contribution < -0.4 is 16.0 Å². The standard InChI is InChI=1S/C15H23N3O2/c1-11-8-12(2)18(10-11)6-7-20-14-5-3-4-13(9-14)15(19)17-16/h3-5,9,11-12H,6-8,10,16H2,1-2H3,(H,17,19). The average Bonchev–Trinajstić information content (AvgIpc) is 2.76. The van der Waals surface area contributed by atoms with Gasteiger partial charge in [0.05, 0.1) is 0 Å². The molecule has 1 heterocycles. The number of rotatable bonds is 5. The van der Waals surface area contributed by atoms with E-state index in [1.807, 2.05) is 6.07 Å². The molecule has 20 heavy (non-hydrogen) atoms. The van der Waals surface area contributed by atoms with Crippen molar-refractivity contribution in [2.24, 2.45) is 11.8 Å². The lowest BCUT2D eigenvalue weighted by molar-refractivity contribution is 0.0953. The molecule has 1 aromatic carbocycles. The zero-order chi connectivity index (χ0) is 14.5. The van der Waals surface area contributed by atoms with E-state index in [0.717, 1.165) is 19.0 Å². The molecule has 3 N–H and O–H groups in total. The van der Waals surface area contributed by atoms with Gasteiger partial charge in [-0.3, -0.25) is 15.1 Å². The van der Waals surface area contributed by atoms with Crippen molar-refractivity contribution in [3.05, 3.63) is 29.8 Å². The first-order chi connectivity index (χ1) is 9.60. The largest absolute Gasteiger partial charge is 0.492 e.